The SMILES string of the molecule is CCS(=O)(=O)c1ccccc1C(=O)NC1CCC(C)(C)C1. The van der Waals surface area contributed by atoms with Crippen LogP contribution in [-0.2, 0) is 9.84 Å². The van der Waals surface area contributed by atoms with E-state index in [1.165, 1.54) is 6.07 Å². The van der Waals surface area contributed by atoms with Crippen molar-refractivity contribution < 1.29 is 13.2 Å². The van der Waals surface area contributed by atoms with Gasteiger partial charge in [0, 0.05) is 6.04 Å². The minimum absolute atomic E-state index is 0.00620. The highest BCUT2D eigenvalue weighted by Crippen LogP contribution is 2.37. The van der Waals surface area contributed by atoms with E-state index in [9.17, 15) is 13.2 Å². The molecule has 0 aliphatic heterocycles. The Kier molecular flexibility index (Phi) is 4.42. The molecular formula is C16H23NO3S. The van der Waals surface area contributed by atoms with Crippen molar-refractivity contribution in [1.29, 1.82) is 0 Å². The Hall–Kier alpha value is -1.36. The Morgan fingerprint density at radius 1 is 1.33 bits per heavy atom. The summed E-state index contributed by atoms with van der Waals surface area (Å²) < 4.78 is 24.2. The summed E-state index contributed by atoms with van der Waals surface area (Å²) in [5, 5.41) is 2.98. The summed E-state index contributed by atoms with van der Waals surface area (Å²) >= 11 is 0. The van der Waals surface area contributed by atoms with Crippen molar-refractivity contribution in [1.82, 2.24) is 5.32 Å². The molecule has 1 aliphatic carbocycles. The van der Waals surface area contributed by atoms with Crippen LogP contribution in [0.1, 0.15) is 50.4 Å². The molecule has 21 heavy (non-hydrogen) atoms. The lowest BCUT2D eigenvalue weighted by Gasteiger charge is -2.18. The number of nitrogens with one attached hydrogen (secondary N) is 1. The molecule has 1 atom stereocenters. The van der Waals surface area contributed by atoms with E-state index in [2.05, 4.69) is 19.2 Å². The third-order valence-corrected chi connectivity index (χ3v) is 5.94. The molecule has 116 valence electrons. The van der Waals surface area contributed by atoms with Gasteiger partial charge in [-0.15, -0.1) is 0 Å². The summed E-state index contributed by atoms with van der Waals surface area (Å²) in [7, 11) is -3.39. The molecule has 0 aromatic heterocycles. The Morgan fingerprint density at radius 2 is 2.00 bits per heavy atom. The van der Waals surface area contributed by atoms with Gasteiger partial charge in [-0.2, -0.15) is 0 Å². The minimum Gasteiger partial charge on any atom is -0.349 e. The second-order valence-electron chi connectivity index (χ2n) is 6.48. The van der Waals surface area contributed by atoms with Gasteiger partial charge >= 0.3 is 0 Å². The maximum absolute atomic E-state index is 12.4. The summed E-state index contributed by atoms with van der Waals surface area (Å²) in [5.41, 5.74) is 0.497. The van der Waals surface area contributed by atoms with E-state index in [0.29, 0.717) is 0 Å². The van der Waals surface area contributed by atoms with Crippen LogP contribution in [0.25, 0.3) is 0 Å². The highest BCUT2D eigenvalue weighted by molar-refractivity contribution is 7.91. The number of hydrogen-bond donors (Lipinski definition) is 1. The fourth-order valence-electron chi connectivity index (χ4n) is 2.90. The highest BCUT2D eigenvalue weighted by atomic mass is 32.2. The lowest BCUT2D eigenvalue weighted by atomic mass is 9.92. The lowest BCUT2D eigenvalue weighted by molar-refractivity contribution is 0.0932. The van der Waals surface area contributed by atoms with E-state index in [0.717, 1.165) is 19.3 Å². The zero-order valence-electron chi connectivity index (χ0n) is 12.8. The van der Waals surface area contributed by atoms with Gasteiger partial charge in [-0.1, -0.05) is 32.9 Å². The van der Waals surface area contributed by atoms with Crippen molar-refractivity contribution in [3.63, 3.8) is 0 Å². The van der Waals surface area contributed by atoms with Crippen LogP contribution in [0.15, 0.2) is 29.2 Å². The zero-order chi connectivity index (χ0) is 15.7. The predicted octanol–water partition coefficient (Wildman–Crippen LogP) is 2.79. The third-order valence-electron chi connectivity index (χ3n) is 4.15. The van der Waals surface area contributed by atoms with E-state index in [4.69, 9.17) is 0 Å². The van der Waals surface area contributed by atoms with Crippen LogP contribution in [-0.4, -0.2) is 26.1 Å². The molecule has 4 nitrogen and oxygen atoms in total. The molecule has 2 rings (SSSR count). The smallest absolute Gasteiger partial charge is 0.252 e. The highest BCUT2D eigenvalue weighted by Gasteiger charge is 2.32. The van der Waals surface area contributed by atoms with Gasteiger partial charge in [0.05, 0.1) is 16.2 Å². The van der Waals surface area contributed by atoms with Crippen LogP contribution < -0.4 is 5.32 Å². The first-order valence-corrected chi connectivity index (χ1v) is 9.03. The standard InChI is InChI=1S/C16H23NO3S/c1-4-21(19,20)14-8-6-5-7-13(14)15(18)17-12-9-10-16(2,3)11-12/h5-8,12H,4,9-11H2,1-3H3,(H,17,18). The maximum atomic E-state index is 12.4. The van der Waals surface area contributed by atoms with E-state index in [-0.39, 0.29) is 33.6 Å². The van der Waals surface area contributed by atoms with Crippen molar-refractivity contribution in [3.8, 4) is 0 Å². The van der Waals surface area contributed by atoms with Gasteiger partial charge in [-0.05, 0) is 36.8 Å². The average molecular weight is 309 g/mol. The molecular weight excluding hydrogens is 286 g/mol. The molecule has 1 aromatic carbocycles. The fraction of sp³-hybridized carbons (Fsp3) is 0.562. The van der Waals surface area contributed by atoms with Gasteiger partial charge in [0.1, 0.15) is 0 Å². The molecule has 0 radical (unpaired) electrons. The van der Waals surface area contributed by atoms with Gasteiger partial charge in [0.15, 0.2) is 9.84 Å². The molecule has 5 heteroatoms. The number of sulfone groups is 1. The van der Waals surface area contributed by atoms with Crippen LogP contribution in [0.5, 0.6) is 0 Å². The van der Waals surface area contributed by atoms with E-state index < -0.39 is 9.84 Å². The van der Waals surface area contributed by atoms with Crippen LogP contribution in [0.4, 0.5) is 0 Å². The van der Waals surface area contributed by atoms with Crippen LogP contribution in [0.3, 0.4) is 0 Å². The first-order chi connectivity index (χ1) is 9.75. The molecule has 1 saturated carbocycles. The second kappa shape index (κ2) is 5.79. The summed E-state index contributed by atoms with van der Waals surface area (Å²) in [5.74, 6) is -0.293. The van der Waals surface area contributed by atoms with Crippen molar-refractivity contribution in [2.75, 3.05) is 5.75 Å². The molecule has 1 N–H and O–H groups in total. The van der Waals surface area contributed by atoms with Gasteiger partial charge in [0.25, 0.3) is 5.91 Å². The molecule has 0 spiro atoms. The van der Waals surface area contributed by atoms with Crippen molar-refractivity contribution in [3.05, 3.63) is 29.8 Å². The molecule has 1 aromatic rings. The van der Waals surface area contributed by atoms with Crippen molar-refractivity contribution >= 4 is 15.7 Å². The van der Waals surface area contributed by atoms with Gasteiger partial charge in [-0.25, -0.2) is 8.42 Å². The molecule has 1 fully saturated rings. The quantitative estimate of drug-likeness (QED) is 0.930. The van der Waals surface area contributed by atoms with Crippen LogP contribution in [0, 0.1) is 5.41 Å². The van der Waals surface area contributed by atoms with Crippen LogP contribution >= 0.6 is 0 Å². The molecule has 0 saturated heterocycles. The Morgan fingerprint density at radius 3 is 2.57 bits per heavy atom. The number of amides is 1. The summed E-state index contributed by atoms with van der Waals surface area (Å²) in [6, 6.07) is 6.56. The normalized spacial score (nSPS) is 21.2. The van der Waals surface area contributed by atoms with Crippen LogP contribution in [0.2, 0.25) is 0 Å². The Bertz CT molecular complexity index is 635. The molecule has 1 amide bonds. The van der Waals surface area contributed by atoms with E-state index in [1.807, 2.05) is 0 Å². The van der Waals surface area contributed by atoms with Gasteiger partial charge in [0.2, 0.25) is 0 Å². The minimum atomic E-state index is -3.39. The summed E-state index contributed by atoms with van der Waals surface area (Å²) in [6.07, 6.45) is 2.95. The lowest BCUT2D eigenvalue weighted by Crippen LogP contribution is -2.34. The molecule has 1 unspecified atom stereocenters. The average Bonchev–Trinajstić information content (AvgIpc) is 2.78. The summed E-state index contributed by atoms with van der Waals surface area (Å²) in [6.45, 7) is 5.97. The molecule has 0 bridgehead atoms. The zero-order valence-corrected chi connectivity index (χ0v) is 13.7. The predicted molar refractivity (Wildman–Crippen MR) is 83.1 cm³/mol. The molecule has 1 aliphatic rings. The van der Waals surface area contributed by atoms with Crippen molar-refractivity contribution in [2.45, 2.75) is 51.0 Å². The second-order valence-corrected chi connectivity index (χ2v) is 8.72. The van der Waals surface area contributed by atoms with E-state index in [1.54, 1.807) is 25.1 Å². The number of carbonyl (C=O) groups excluding carboxylic acids is 1. The monoisotopic (exact) mass is 309 g/mol. The largest absolute Gasteiger partial charge is 0.349 e. The first-order valence-electron chi connectivity index (χ1n) is 7.38. The Labute approximate surface area is 126 Å². The van der Waals surface area contributed by atoms with Gasteiger partial charge < -0.3 is 5.32 Å². The van der Waals surface area contributed by atoms with E-state index >= 15 is 0 Å². The maximum Gasteiger partial charge on any atom is 0.252 e. The number of hydrogen-bond acceptors (Lipinski definition) is 3. The third kappa shape index (κ3) is 3.64. The topological polar surface area (TPSA) is 63.2 Å². The first kappa shape index (κ1) is 16.0. The number of benzene rings is 1. The Balaban J connectivity index is 2.21. The number of rotatable bonds is 4. The molecule has 0 heterocycles. The van der Waals surface area contributed by atoms with Gasteiger partial charge in [-0.3, -0.25) is 4.79 Å². The number of carbonyl (C=O) groups is 1. The summed E-state index contributed by atoms with van der Waals surface area (Å²) in [4.78, 5) is 12.5. The fourth-order valence-corrected chi connectivity index (χ4v) is 4.00. The van der Waals surface area contributed by atoms with Crippen molar-refractivity contribution in [2.24, 2.45) is 5.41 Å².